The lowest BCUT2D eigenvalue weighted by Gasteiger charge is -2.08. The second kappa shape index (κ2) is 7.96. The number of amides is 4. The van der Waals surface area contributed by atoms with Crippen molar-refractivity contribution < 1.29 is 19.2 Å². The van der Waals surface area contributed by atoms with Gasteiger partial charge in [0.1, 0.15) is 0 Å². The third-order valence-electron chi connectivity index (χ3n) is 4.62. The van der Waals surface area contributed by atoms with Crippen molar-refractivity contribution in [1.29, 1.82) is 0 Å². The smallest absolute Gasteiger partial charge is 0.251 e. The van der Waals surface area contributed by atoms with Crippen LogP contribution in [0.2, 0.25) is 0 Å². The summed E-state index contributed by atoms with van der Waals surface area (Å²) in [7, 11) is 0. The fraction of sp³-hybridized carbons (Fsp3) is 0.200. The molecule has 0 bridgehead atoms. The van der Waals surface area contributed by atoms with Crippen molar-refractivity contribution in [2.45, 2.75) is 13.1 Å². The van der Waals surface area contributed by atoms with Crippen LogP contribution in [0.1, 0.15) is 31.8 Å². The summed E-state index contributed by atoms with van der Waals surface area (Å²) >= 11 is 1.18. The van der Waals surface area contributed by atoms with Gasteiger partial charge in [0.15, 0.2) is 0 Å². The van der Waals surface area contributed by atoms with E-state index in [0.717, 1.165) is 11.1 Å². The molecule has 0 radical (unpaired) electrons. The molecule has 0 saturated carbocycles. The van der Waals surface area contributed by atoms with E-state index < -0.39 is 0 Å². The number of nitrogens with one attached hydrogen (secondary N) is 4. The molecule has 2 aromatic rings. The fourth-order valence-electron chi connectivity index (χ4n) is 3.21. The lowest BCUT2D eigenvalue weighted by molar-refractivity contribution is -0.114. The van der Waals surface area contributed by atoms with E-state index in [2.05, 4.69) is 21.3 Å². The minimum absolute atomic E-state index is 0.100. The molecule has 2 aromatic carbocycles. The number of benzene rings is 2. The third kappa shape index (κ3) is 4.24. The Bertz CT molecular complexity index is 956. The molecule has 4 amide bonds. The molecular weight excluding hydrogens is 392 g/mol. The number of carbonyl (C=O) groups is 4. The minimum Gasteiger partial charge on any atom is -0.348 e. The molecule has 8 nitrogen and oxygen atoms in total. The zero-order valence-corrected chi connectivity index (χ0v) is 16.2. The first-order valence-corrected chi connectivity index (χ1v) is 10.1. The first kappa shape index (κ1) is 19.0. The van der Waals surface area contributed by atoms with Gasteiger partial charge >= 0.3 is 0 Å². The molecule has 0 saturated heterocycles. The fourth-order valence-corrected chi connectivity index (χ4v) is 3.83. The normalized spacial score (nSPS) is 13.9. The van der Waals surface area contributed by atoms with Crippen molar-refractivity contribution in [3.05, 3.63) is 58.7 Å². The lowest BCUT2D eigenvalue weighted by Crippen LogP contribution is -2.19. The molecule has 2 aliphatic rings. The molecule has 0 atom stereocenters. The molecule has 2 aliphatic heterocycles. The Labute approximate surface area is 170 Å². The van der Waals surface area contributed by atoms with Crippen LogP contribution in [-0.2, 0) is 22.7 Å². The SMILES string of the molecule is O=C(CSCC(=O)Nc1ccc2c(c1)C(=O)NC2)Nc1ccc2c(c1)C(=O)NC2. The summed E-state index contributed by atoms with van der Waals surface area (Å²) in [5.74, 6) is -0.602. The first-order chi connectivity index (χ1) is 14.0. The van der Waals surface area contributed by atoms with Crippen molar-refractivity contribution >= 4 is 46.8 Å². The highest BCUT2D eigenvalue weighted by Gasteiger charge is 2.20. The number of rotatable bonds is 6. The summed E-state index contributed by atoms with van der Waals surface area (Å²) in [5, 5.41) is 10.9. The van der Waals surface area contributed by atoms with Gasteiger partial charge in [-0.05, 0) is 35.4 Å². The van der Waals surface area contributed by atoms with E-state index in [1.165, 1.54) is 11.8 Å². The molecule has 0 aromatic heterocycles. The van der Waals surface area contributed by atoms with Crippen LogP contribution in [0.5, 0.6) is 0 Å². The number of hydrogen-bond acceptors (Lipinski definition) is 5. The molecule has 2 heterocycles. The molecule has 148 valence electrons. The Hall–Kier alpha value is -3.33. The van der Waals surface area contributed by atoms with Crippen molar-refractivity contribution in [1.82, 2.24) is 10.6 Å². The van der Waals surface area contributed by atoms with Crippen LogP contribution in [-0.4, -0.2) is 35.1 Å². The number of thioether (sulfide) groups is 1. The molecule has 0 spiro atoms. The molecule has 0 unspecified atom stereocenters. The topological polar surface area (TPSA) is 116 Å². The highest BCUT2D eigenvalue weighted by molar-refractivity contribution is 8.00. The Balaban J connectivity index is 1.24. The van der Waals surface area contributed by atoms with Gasteiger partial charge in [0.25, 0.3) is 11.8 Å². The van der Waals surface area contributed by atoms with Crippen LogP contribution in [0.15, 0.2) is 36.4 Å². The number of hydrogen-bond donors (Lipinski definition) is 4. The van der Waals surface area contributed by atoms with Crippen LogP contribution < -0.4 is 21.3 Å². The second-order valence-corrected chi connectivity index (χ2v) is 7.68. The Morgan fingerprint density at radius 1 is 0.793 bits per heavy atom. The largest absolute Gasteiger partial charge is 0.348 e. The molecule has 0 fully saturated rings. The molecular formula is C20H18N4O4S. The van der Waals surface area contributed by atoms with Crippen LogP contribution >= 0.6 is 11.8 Å². The van der Waals surface area contributed by atoms with Crippen LogP contribution in [0, 0.1) is 0 Å². The van der Waals surface area contributed by atoms with E-state index >= 15 is 0 Å². The van der Waals surface area contributed by atoms with Gasteiger partial charge in [-0.1, -0.05) is 12.1 Å². The van der Waals surface area contributed by atoms with Gasteiger partial charge in [0.2, 0.25) is 11.8 Å². The van der Waals surface area contributed by atoms with E-state index in [1.807, 2.05) is 0 Å². The quantitative estimate of drug-likeness (QED) is 0.576. The average molecular weight is 410 g/mol. The van der Waals surface area contributed by atoms with Crippen LogP contribution in [0.25, 0.3) is 0 Å². The van der Waals surface area contributed by atoms with Crippen LogP contribution in [0.3, 0.4) is 0 Å². The number of anilines is 2. The van der Waals surface area contributed by atoms with Gasteiger partial charge in [-0.3, -0.25) is 19.2 Å². The molecule has 4 N–H and O–H groups in total. The summed E-state index contributed by atoms with van der Waals surface area (Å²) in [5.41, 5.74) is 4.04. The van der Waals surface area contributed by atoms with Crippen molar-refractivity contribution in [3.8, 4) is 0 Å². The van der Waals surface area contributed by atoms with E-state index in [4.69, 9.17) is 0 Å². The van der Waals surface area contributed by atoms with Crippen molar-refractivity contribution in [2.75, 3.05) is 22.1 Å². The third-order valence-corrected chi connectivity index (χ3v) is 5.55. The maximum Gasteiger partial charge on any atom is 0.251 e. The first-order valence-electron chi connectivity index (χ1n) is 8.99. The Morgan fingerprint density at radius 2 is 1.24 bits per heavy atom. The monoisotopic (exact) mass is 410 g/mol. The lowest BCUT2D eigenvalue weighted by atomic mass is 10.1. The highest BCUT2D eigenvalue weighted by Crippen LogP contribution is 2.21. The molecule has 4 rings (SSSR count). The van der Waals surface area contributed by atoms with Gasteiger partial charge in [-0.15, -0.1) is 11.8 Å². The van der Waals surface area contributed by atoms with Gasteiger partial charge in [0.05, 0.1) is 11.5 Å². The zero-order chi connectivity index (χ0) is 20.4. The highest BCUT2D eigenvalue weighted by atomic mass is 32.2. The van der Waals surface area contributed by atoms with E-state index in [9.17, 15) is 19.2 Å². The average Bonchev–Trinajstić information content (AvgIpc) is 3.25. The summed E-state index contributed by atoms with van der Waals surface area (Å²) in [4.78, 5) is 47.6. The van der Waals surface area contributed by atoms with Gasteiger partial charge in [0, 0.05) is 35.6 Å². The predicted octanol–water partition coefficient (Wildman–Crippen LogP) is 1.48. The van der Waals surface area contributed by atoms with Gasteiger partial charge in [-0.2, -0.15) is 0 Å². The van der Waals surface area contributed by atoms with Gasteiger partial charge in [-0.25, -0.2) is 0 Å². The standard InChI is InChI=1S/C20H18N4O4S/c25-17(23-13-3-1-11-7-21-19(27)15(11)5-13)9-29-10-18(26)24-14-4-2-12-8-22-20(28)16(12)6-14/h1-6H,7-10H2,(H,21,27)(H,22,28)(H,23,25)(H,24,26). The Kier molecular flexibility index (Phi) is 5.22. The molecule has 9 heteroatoms. The second-order valence-electron chi connectivity index (χ2n) is 6.70. The number of carbonyl (C=O) groups excluding carboxylic acids is 4. The summed E-state index contributed by atoms with van der Waals surface area (Å²) in [6.45, 7) is 1.00. The maximum absolute atomic E-state index is 12.1. The minimum atomic E-state index is -0.254. The Morgan fingerprint density at radius 3 is 1.69 bits per heavy atom. The van der Waals surface area contributed by atoms with Crippen molar-refractivity contribution in [2.24, 2.45) is 0 Å². The van der Waals surface area contributed by atoms with Gasteiger partial charge < -0.3 is 21.3 Å². The van der Waals surface area contributed by atoms with E-state index in [1.54, 1.807) is 36.4 Å². The van der Waals surface area contributed by atoms with Crippen LogP contribution in [0.4, 0.5) is 11.4 Å². The predicted molar refractivity (Wildman–Crippen MR) is 110 cm³/mol. The van der Waals surface area contributed by atoms with E-state index in [0.29, 0.717) is 35.6 Å². The van der Waals surface area contributed by atoms with E-state index in [-0.39, 0.29) is 35.1 Å². The van der Waals surface area contributed by atoms with Crippen molar-refractivity contribution in [3.63, 3.8) is 0 Å². The summed E-state index contributed by atoms with van der Waals surface area (Å²) in [6.07, 6.45) is 0. The summed E-state index contributed by atoms with van der Waals surface area (Å²) < 4.78 is 0. The maximum atomic E-state index is 12.1. The molecule has 0 aliphatic carbocycles. The number of fused-ring (bicyclic) bond motifs is 2. The zero-order valence-electron chi connectivity index (χ0n) is 15.3. The summed E-state index contributed by atoms with van der Waals surface area (Å²) in [6, 6.07) is 10.4. The molecule has 29 heavy (non-hydrogen) atoms.